The van der Waals surface area contributed by atoms with Crippen LogP contribution < -0.4 is 0 Å². The van der Waals surface area contributed by atoms with Crippen LogP contribution in [0.3, 0.4) is 0 Å². The number of nitrogens with zero attached hydrogens (tertiary/aromatic N) is 1. The molecule has 0 bridgehead atoms. The summed E-state index contributed by atoms with van der Waals surface area (Å²) >= 11 is 0. The van der Waals surface area contributed by atoms with E-state index in [2.05, 4.69) is 50.3 Å². The highest BCUT2D eigenvalue weighted by Gasteiger charge is 2.27. The maximum Gasteiger partial charge on any atom is 0.472 e. The molecule has 1 N–H and O–H groups in total. The topological polar surface area (TPSA) is 125 Å². The Hall–Kier alpha value is -2.62. The Morgan fingerprint density at radius 1 is 0.576 bits per heavy atom. The highest BCUT2D eigenvalue weighted by atomic mass is 31.2. The van der Waals surface area contributed by atoms with E-state index in [1.54, 1.807) is 6.08 Å². The number of unbranched alkanes of at least 4 members (excludes halogenated alkanes) is 16. The molecule has 1 unspecified atom stereocenters. The Kier molecular flexibility index (Phi) is 37.8. The summed E-state index contributed by atoms with van der Waals surface area (Å²) in [5, 5.41) is 0. The van der Waals surface area contributed by atoms with Crippen LogP contribution in [-0.2, 0) is 37.5 Å². The normalized spacial score (nSPS) is 14.0. The first-order valence-electron chi connectivity index (χ1n) is 23.0. The van der Waals surface area contributed by atoms with Gasteiger partial charge >= 0.3 is 19.8 Å². The van der Waals surface area contributed by atoms with Crippen molar-refractivity contribution in [3.8, 4) is 0 Å². The van der Waals surface area contributed by atoms with Crippen LogP contribution in [0.25, 0.3) is 0 Å². The molecule has 0 spiro atoms. The second-order valence-electron chi connectivity index (χ2n) is 16.5. The molecule has 0 aliphatic rings. The highest BCUT2D eigenvalue weighted by molar-refractivity contribution is 7.47. The van der Waals surface area contributed by atoms with Crippen molar-refractivity contribution < 1.29 is 46.8 Å². The summed E-state index contributed by atoms with van der Waals surface area (Å²) in [6.45, 7) is 4.10. The molecule has 0 saturated heterocycles. The van der Waals surface area contributed by atoms with Gasteiger partial charge < -0.3 is 18.9 Å². The summed E-state index contributed by atoms with van der Waals surface area (Å²) in [6.07, 6.45) is 44.1. The number of hydrogen-bond acceptors (Lipinski definition) is 8. The van der Waals surface area contributed by atoms with Crippen LogP contribution in [0.15, 0.2) is 60.8 Å². The Balaban J connectivity index is 4.54. The van der Waals surface area contributed by atoms with Crippen molar-refractivity contribution in [3.05, 3.63) is 60.8 Å². The lowest BCUT2D eigenvalue weighted by Gasteiger charge is -2.24. The quantitative estimate of drug-likeness (QED) is 0.0122. The minimum absolute atomic E-state index is 0.0140. The van der Waals surface area contributed by atoms with Crippen molar-refractivity contribution in [3.63, 3.8) is 0 Å². The fraction of sp³-hybridized carbons (Fsp3) is 0.729. The van der Waals surface area contributed by atoms with E-state index in [4.69, 9.17) is 18.5 Å². The van der Waals surface area contributed by atoms with Gasteiger partial charge in [-0.25, -0.2) is 4.57 Å². The molecule has 11 heteroatoms. The smallest absolute Gasteiger partial charge is 0.462 e. The lowest BCUT2D eigenvalue weighted by Crippen LogP contribution is -2.37. The second-order valence-corrected chi connectivity index (χ2v) is 17.9. The number of carbonyl (C=O) groups is 3. The molecule has 0 amide bonds. The lowest BCUT2D eigenvalue weighted by molar-refractivity contribution is -0.870. The number of esters is 2. The summed E-state index contributed by atoms with van der Waals surface area (Å²) < 4.78 is 34.1. The summed E-state index contributed by atoms with van der Waals surface area (Å²) in [7, 11) is 1.32. The number of allylic oxidation sites excluding steroid dienone is 10. The standard InChI is InChI=1S/C48H84NO9P/c1-6-8-10-12-14-16-18-20-21-22-23-25-27-29-31-33-35-39-47(51)55-43-46(44-57-59(53,54)56-42-41-49(3,4)5)58-48(52)40-36-38-45(50)37-34-32-30-28-26-24-19-17-15-13-11-9-7-2/h15,17,20-21,24,26,30,32,34,37,46H,6-14,16,18-19,22-23,25,27-29,31,33,35-36,38-44H2,1-5H3/p+1/b17-15-,21-20-,26-24-,32-30-,37-34+/t46-/m1/s1. The van der Waals surface area contributed by atoms with E-state index in [-0.39, 0.29) is 44.7 Å². The van der Waals surface area contributed by atoms with Crippen molar-refractivity contribution in [2.24, 2.45) is 0 Å². The molecular weight excluding hydrogens is 766 g/mol. The molecule has 340 valence electrons. The zero-order chi connectivity index (χ0) is 43.7. The number of quaternary nitrogens is 1. The maximum absolute atomic E-state index is 12.7. The molecular formula is C48H85NO9P+. The molecule has 0 rings (SSSR count). The Morgan fingerprint density at radius 3 is 1.71 bits per heavy atom. The van der Waals surface area contributed by atoms with Crippen LogP contribution in [0.1, 0.15) is 174 Å². The average Bonchev–Trinajstić information content (AvgIpc) is 3.18. The van der Waals surface area contributed by atoms with Gasteiger partial charge in [0.1, 0.15) is 19.8 Å². The largest absolute Gasteiger partial charge is 0.472 e. The molecule has 0 aromatic rings. The lowest BCUT2D eigenvalue weighted by atomic mass is 10.1. The maximum atomic E-state index is 12.7. The van der Waals surface area contributed by atoms with Crippen LogP contribution in [0.4, 0.5) is 0 Å². The van der Waals surface area contributed by atoms with Crippen molar-refractivity contribution >= 4 is 25.5 Å². The number of rotatable bonds is 41. The molecule has 0 radical (unpaired) electrons. The van der Waals surface area contributed by atoms with Gasteiger partial charge in [0, 0.05) is 19.3 Å². The number of likely N-dealkylation sites (N-methyl/N-ethyl adjacent to an activating group) is 1. The summed E-state index contributed by atoms with van der Waals surface area (Å²) in [6, 6.07) is 0. The van der Waals surface area contributed by atoms with E-state index >= 15 is 0 Å². The minimum atomic E-state index is -4.44. The molecule has 10 nitrogen and oxygen atoms in total. The summed E-state index contributed by atoms with van der Waals surface area (Å²) in [5.74, 6) is -1.18. The van der Waals surface area contributed by atoms with Gasteiger partial charge in [-0.05, 0) is 70.3 Å². The van der Waals surface area contributed by atoms with Gasteiger partial charge in [0.15, 0.2) is 11.9 Å². The van der Waals surface area contributed by atoms with Gasteiger partial charge in [0.25, 0.3) is 0 Å². The number of phosphoric acid groups is 1. The molecule has 0 aromatic heterocycles. The van der Waals surface area contributed by atoms with Crippen molar-refractivity contribution in [2.45, 2.75) is 180 Å². The second kappa shape index (κ2) is 39.5. The van der Waals surface area contributed by atoms with E-state index in [0.717, 1.165) is 44.9 Å². The first-order valence-corrected chi connectivity index (χ1v) is 24.5. The highest BCUT2D eigenvalue weighted by Crippen LogP contribution is 2.43. The van der Waals surface area contributed by atoms with Crippen molar-refractivity contribution in [2.75, 3.05) is 47.5 Å². The van der Waals surface area contributed by atoms with Gasteiger partial charge in [-0.15, -0.1) is 0 Å². The molecule has 0 aliphatic carbocycles. The van der Waals surface area contributed by atoms with Gasteiger partial charge in [-0.1, -0.05) is 146 Å². The molecule has 0 heterocycles. The van der Waals surface area contributed by atoms with Crippen LogP contribution in [0.5, 0.6) is 0 Å². The Labute approximate surface area is 360 Å². The fourth-order valence-electron chi connectivity index (χ4n) is 5.84. The number of ether oxygens (including phenoxy) is 2. The van der Waals surface area contributed by atoms with E-state index < -0.39 is 32.5 Å². The van der Waals surface area contributed by atoms with Crippen LogP contribution in [0.2, 0.25) is 0 Å². The zero-order valence-corrected chi connectivity index (χ0v) is 38.9. The number of ketones is 1. The SMILES string of the molecule is CCCCC/C=C\C/C=C\C/C=C\C=C\C(=O)CCCC(=O)O[C@H](COC(=O)CCCCCCCCC/C=C\CCCCCCCC)COP(=O)(O)OCC[N+](C)(C)C. The Morgan fingerprint density at radius 2 is 1.08 bits per heavy atom. The number of hydrogen-bond donors (Lipinski definition) is 1. The first kappa shape index (κ1) is 56.4. The number of phosphoric ester groups is 1. The summed E-state index contributed by atoms with van der Waals surface area (Å²) in [5.41, 5.74) is 0. The minimum Gasteiger partial charge on any atom is -0.462 e. The third-order valence-corrected chi connectivity index (χ3v) is 10.5. The monoisotopic (exact) mass is 851 g/mol. The van der Waals surface area contributed by atoms with Gasteiger partial charge in [-0.3, -0.25) is 23.4 Å². The van der Waals surface area contributed by atoms with Crippen molar-refractivity contribution in [1.29, 1.82) is 0 Å². The average molecular weight is 851 g/mol. The van der Waals surface area contributed by atoms with Gasteiger partial charge in [0.2, 0.25) is 0 Å². The molecule has 0 aliphatic heterocycles. The van der Waals surface area contributed by atoms with Crippen LogP contribution in [0, 0.1) is 0 Å². The fourth-order valence-corrected chi connectivity index (χ4v) is 6.59. The predicted molar refractivity (Wildman–Crippen MR) is 243 cm³/mol. The van der Waals surface area contributed by atoms with E-state index in [1.807, 2.05) is 33.3 Å². The van der Waals surface area contributed by atoms with E-state index in [0.29, 0.717) is 17.4 Å². The molecule has 0 saturated carbocycles. The van der Waals surface area contributed by atoms with Gasteiger partial charge in [-0.2, -0.15) is 0 Å². The molecule has 0 aromatic carbocycles. The predicted octanol–water partition coefficient (Wildman–Crippen LogP) is 12.4. The van der Waals surface area contributed by atoms with Crippen molar-refractivity contribution in [1.82, 2.24) is 0 Å². The zero-order valence-electron chi connectivity index (χ0n) is 38.0. The molecule has 0 fully saturated rings. The number of carbonyl (C=O) groups excluding carboxylic acids is 3. The third kappa shape index (κ3) is 43.3. The van der Waals surface area contributed by atoms with Crippen LogP contribution >= 0.6 is 7.82 Å². The van der Waals surface area contributed by atoms with Gasteiger partial charge in [0.05, 0.1) is 27.7 Å². The third-order valence-electron chi connectivity index (χ3n) is 9.50. The summed E-state index contributed by atoms with van der Waals surface area (Å²) in [4.78, 5) is 47.7. The Bertz CT molecular complexity index is 1250. The first-order chi connectivity index (χ1) is 28.4. The van der Waals surface area contributed by atoms with Crippen LogP contribution in [-0.4, -0.2) is 80.7 Å². The molecule has 2 atom stereocenters. The van der Waals surface area contributed by atoms with E-state index in [9.17, 15) is 23.8 Å². The molecule has 59 heavy (non-hydrogen) atoms. The van der Waals surface area contributed by atoms with E-state index in [1.165, 1.54) is 89.5 Å².